The van der Waals surface area contributed by atoms with Crippen molar-refractivity contribution in [1.82, 2.24) is 4.90 Å². The van der Waals surface area contributed by atoms with Gasteiger partial charge in [0, 0.05) is 0 Å². The number of unbranched alkanes of at least 4 members (excludes halogenated alkanes) is 11. The Bertz CT molecular complexity index is 231. The van der Waals surface area contributed by atoms with Crippen molar-refractivity contribution in [3.8, 4) is 0 Å². The van der Waals surface area contributed by atoms with Crippen LogP contribution in [-0.2, 0) is 4.79 Å². The molecule has 0 aliphatic rings. The van der Waals surface area contributed by atoms with Gasteiger partial charge in [-0.3, -0.25) is 9.69 Å². The minimum atomic E-state index is -0.730. The van der Waals surface area contributed by atoms with E-state index in [0.717, 1.165) is 13.0 Å². The Labute approximate surface area is 155 Å². The minimum Gasteiger partial charge on any atom is -1.00 e. The molecule has 0 heterocycles. The molecule has 1 N–H and O–H groups in total. The largest absolute Gasteiger partial charge is 1.00 e. The summed E-state index contributed by atoms with van der Waals surface area (Å²) in [7, 11) is 1.88. The zero-order chi connectivity index (χ0) is 15.1. The van der Waals surface area contributed by atoms with Gasteiger partial charge >= 0.3 is 35.5 Å². The fourth-order valence-electron chi connectivity index (χ4n) is 2.53. The van der Waals surface area contributed by atoms with Crippen molar-refractivity contribution in [3.05, 3.63) is 0 Å². The van der Waals surface area contributed by atoms with Gasteiger partial charge in [-0.05, 0) is 20.0 Å². The van der Waals surface area contributed by atoms with Gasteiger partial charge < -0.3 is 6.53 Å². The number of carboxylic acid groups (broad SMARTS) is 1. The second-order valence-corrected chi connectivity index (χ2v) is 6.02. The van der Waals surface area contributed by atoms with Crippen LogP contribution in [0.2, 0.25) is 0 Å². The summed E-state index contributed by atoms with van der Waals surface area (Å²) in [4.78, 5) is 12.4. The molecule has 0 aromatic carbocycles. The molecule has 0 fully saturated rings. The second kappa shape index (κ2) is 18.5. The SMILES string of the molecule is CCCCCCCCCCCCCCN(C)CC(=O)O.[H-].[Na+]. The van der Waals surface area contributed by atoms with Crippen LogP contribution < -0.4 is 29.6 Å². The summed E-state index contributed by atoms with van der Waals surface area (Å²) >= 11 is 0. The van der Waals surface area contributed by atoms with E-state index < -0.39 is 5.97 Å². The first-order valence-electron chi connectivity index (χ1n) is 8.57. The van der Waals surface area contributed by atoms with E-state index in [1.54, 1.807) is 0 Å². The Morgan fingerprint density at radius 3 is 1.62 bits per heavy atom. The first kappa shape index (κ1) is 23.7. The standard InChI is InChI=1S/C17H35NO2.Na.H/c1-3-4-5-6-7-8-9-10-11-12-13-14-15-18(2)16-17(19)20;;/h3-16H2,1-2H3,(H,19,20);;/q;+1;-1. The molecule has 0 aliphatic carbocycles. The van der Waals surface area contributed by atoms with Crippen LogP contribution in [0.25, 0.3) is 0 Å². The predicted molar refractivity (Wildman–Crippen MR) is 87.3 cm³/mol. The maximum absolute atomic E-state index is 10.5. The number of hydrogen-bond acceptors (Lipinski definition) is 2. The van der Waals surface area contributed by atoms with E-state index in [0.29, 0.717) is 0 Å². The molecule has 122 valence electrons. The number of carbonyl (C=O) groups is 1. The molecule has 0 amide bonds. The van der Waals surface area contributed by atoms with Crippen molar-refractivity contribution >= 4 is 5.97 Å². The summed E-state index contributed by atoms with van der Waals surface area (Å²) in [5.74, 6) is -0.730. The van der Waals surface area contributed by atoms with Gasteiger partial charge in [0.15, 0.2) is 0 Å². The molecule has 0 unspecified atom stereocenters. The molecule has 21 heavy (non-hydrogen) atoms. The van der Waals surface area contributed by atoms with Crippen LogP contribution in [0, 0.1) is 0 Å². The van der Waals surface area contributed by atoms with Gasteiger partial charge in [0.2, 0.25) is 0 Å². The molecule has 0 spiro atoms. The predicted octanol–water partition coefficient (Wildman–Crippen LogP) is 1.82. The van der Waals surface area contributed by atoms with Gasteiger partial charge in [-0.15, -0.1) is 0 Å². The molecular formula is C17H36NNaO2. The summed E-state index contributed by atoms with van der Waals surface area (Å²) in [5.41, 5.74) is 0. The topological polar surface area (TPSA) is 40.5 Å². The Morgan fingerprint density at radius 2 is 1.24 bits per heavy atom. The van der Waals surface area contributed by atoms with E-state index in [2.05, 4.69) is 6.92 Å². The van der Waals surface area contributed by atoms with Gasteiger partial charge in [0.05, 0.1) is 6.54 Å². The summed E-state index contributed by atoms with van der Waals surface area (Å²) in [6.45, 7) is 3.33. The van der Waals surface area contributed by atoms with Crippen molar-refractivity contribution in [1.29, 1.82) is 0 Å². The number of rotatable bonds is 15. The summed E-state index contributed by atoms with van der Waals surface area (Å²) in [5, 5.41) is 8.63. The summed E-state index contributed by atoms with van der Waals surface area (Å²) < 4.78 is 0. The fourth-order valence-corrected chi connectivity index (χ4v) is 2.53. The molecule has 0 bridgehead atoms. The Balaban J connectivity index is -0.00000180. The second-order valence-electron chi connectivity index (χ2n) is 6.02. The van der Waals surface area contributed by atoms with E-state index in [1.165, 1.54) is 70.6 Å². The molecular weight excluding hydrogens is 273 g/mol. The average Bonchev–Trinajstić information content (AvgIpc) is 2.39. The molecule has 0 radical (unpaired) electrons. The number of nitrogens with zero attached hydrogens (tertiary/aromatic N) is 1. The fraction of sp³-hybridized carbons (Fsp3) is 0.941. The molecule has 4 heteroatoms. The monoisotopic (exact) mass is 309 g/mol. The quantitative estimate of drug-likeness (QED) is 0.370. The maximum atomic E-state index is 10.5. The third-order valence-electron chi connectivity index (χ3n) is 3.80. The normalized spacial score (nSPS) is 10.6. The van der Waals surface area contributed by atoms with Crippen molar-refractivity contribution in [2.24, 2.45) is 0 Å². The van der Waals surface area contributed by atoms with Gasteiger partial charge in [-0.1, -0.05) is 77.6 Å². The van der Waals surface area contributed by atoms with Crippen LogP contribution in [0.15, 0.2) is 0 Å². The van der Waals surface area contributed by atoms with Gasteiger partial charge in [-0.2, -0.15) is 0 Å². The maximum Gasteiger partial charge on any atom is 1.00 e. The Hall–Kier alpha value is 0.430. The van der Waals surface area contributed by atoms with Crippen molar-refractivity contribution in [2.75, 3.05) is 20.1 Å². The van der Waals surface area contributed by atoms with Crippen LogP contribution in [0.4, 0.5) is 0 Å². The molecule has 0 saturated heterocycles. The molecule has 0 rings (SSSR count). The van der Waals surface area contributed by atoms with Crippen molar-refractivity contribution in [2.45, 2.75) is 84.0 Å². The molecule has 3 nitrogen and oxygen atoms in total. The number of likely N-dealkylation sites (N-methyl/N-ethyl adjacent to an activating group) is 1. The number of hydrogen-bond donors (Lipinski definition) is 1. The molecule has 0 saturated carbocycles. The number of aliphatic carboxylic acids is 1. The summed E-state index contributed by atoms with van der Waals surface area (Å²) in [6, 6.07) is 0. The van der Waals surface area contributed by atoms with Crippen LogP contribution in [-0.4, -0.2) is 36.1 Å². The summed E-state index contributed by atoms with van der Waals surface area (Å²) in [6.07, 6.45) is 16.2. The van der Waals surface area contributed by atoms with Crippen LogP contribution >= 0.6 is 0 Å². The van der Waals surface area contributed by atoms with E-state index in [-0.39, 0.29) is 37.5 Å². The van der Waals surface area contributed by atoms with Gasteiger partial charge in [0.25, 0.3) is 0 Å². The van der Waals surface area contributed by atoms with Crippen LogP contribution in [0.1, 0.15) is 85.4 Å². The smallest absolute Gasteiger partial charge is 1.00 e. The van der Waals surface area contributed by atoms with E-state index >= 15 is 0 Å². The molecule has 0 aromatic rings. The zero-order valence-corrected chi connectivity index (χ0v) is 16.7. The first-order chi connectivity index (χ1) is 9.66. The third-order valence-corrected chi connectivity index (χ3v) is 3.80. The molecule has 0 atom stereocenters. The van der Waals surface area contributed by atoms with Crippen LogP contribution in [0.5, 0.6) is 0 Å². The van der Waals surface area contributed by atoms with Crippen LogP contribution in [0.3, 0.4) is 0 Å². The Morgan fingerprint density at radius 1 is 0.857 bits per heavy atom. The average molecular weight is 309 g/mol. The third kappa shape index (κ3) is 20.4. The Kier molecular flexibility index (Phi) is 20.8. The first-order valence-corrected chi connectivity index (χ1v) is 8.57. The van der Waals surface area contributed by atoms with E-state index in [1.807, 2.05) is 11.9 Å². The van der Waals surface area contributed by atoms with E-state index in [4.69, 9.17) is 5.11 Å². The van der Waals surface area contributed by atoms with Gasteiger partial charge in [-0.25, -0.2) is 0 Å². The molecule has 0 aromatic heterocycles. The molecule has 0 aliphatic heterocycles. The van der Waals surface area contributed by atoms with Crippen molar-refractivity contribution in [3.63, 3.8) is 0 Å². The number of carboxylic acids is 1. The van der Waals surface area contributed by atoms with Crippen molar-refractivity contribution < 1.29 is 40.9 Å². The van der Waals surface area contributed by atoms with Gasteiger partial charge in [0.1, 0.15) is 0 Å². The zero-order valence-electron chi connectivity index (χ0n) is 15.7. The minimum absolute atomic E-state index is 0. The van der Waals surface area contributed by atoms with E-state index in [9.17, 15) is 4.79 Å².